The molecule has 0 saturated carbocycles. The van der Waals surface area contributed by atoms with Crippen LogP contribution in [-0.4, -0.2) is 5.91 Å². The predicted molar refractivity (Wildman–Crippen MR) is 92.6 cm³/mol. The van der Waals surface area contributed by atoms with Crippen LogP contribution in [0.1, 0.15) is 42.4 Å². The summed E-state index contributed by atoms with van der Waals surface area (Å²) in [7, 11) is 0. The third-order valence-electron chi connectivity index (χ3n) is 3.72. The van der Waals surface area contributed by atoms with E-state index < -0.39 is 0 Å². The minimum atomic E-state index is -0.333. The number of primary amides is 1. The van der Waals surface area contributed by atoms with E-state index in [4.69, 9.17) is 23.2 Å². The van der Waals surface area contributed by atoms with Crippen molar-refractivity contribution in [3.63, 3.8) is 0 Å². The molecule has 2 aromatic carbocycles. The highest BCUT2D eigenvalue weighted by molar-refractivity contribution is 6.42. The van der Waals surface area contributed by atoms with Crippen molar-refractivity contribution in [2.75, 3.05) is 0 Å². The number of nitrogens with two attached hydrogens (primary N) is 1. The molecule has 0 spiro atoms. The summed E-state index contributed by atoms with van der Waals surface area (Å²) in [5.41, 5.74) is 8.67. The number of benzene rings is 2. The summed E-state index contributed by atoms with van der Waals surface area (Å²) < 4.78 is 0. The molecule has 22 heavy (non-hydrogen) atoms. The standard InChI is InChI=1S/C16H14Cl2.C2H5NO/c17-15-9-8-12(10-16(15)18)14-7-3-5-11-4-1-2-6-13(11)14;1-2(3)4/h1-2,4,6,8-10,14H,3,5,7H2;1H3,(H2,3,4)/t14-;/m0./s1. The van der Waals surface area contributed by atoms with Crippen LogP contribution in [0.3, 0.4) is 0 Å². The first-order valence-electron chi connectivity index (χ1n) is 7.28. The van der Waals surface area contributed by atoms with Crippen LogP contribution in [0, 0.1) is 0 Å². The number of carbonyl (C=O) groups is 1. The van der Waals surface area contributed by atoms with E-state index in [-0.39, 0.29) is 5.91 Å². The summed E-state index contributed by atoms with van der Waals surface area (Å²) >= 11 is 12.1. The molecule has 0 aromatic heterocycles. The van der Waals surface area contributed by atoms with Gasteiger partial charge < -0.3 is 5.73 Å². The molecule has 1 aliphatic carbocycles. The van der Waals surface area contributed by atoms with Crippen molar-refractivity contribution in [3.05, 3.63) is 69.2 Å². The van der Waals surface area contributed by atoms with E-state index >= 15 is 0 Å². The van der Waals surface area contributed by atoms with Crippen LogP contribution in [0.4, 0.5) is 0 Å². The van der Waals surface area contributed by atoms with E-state index in [1.165, 1.54) is 42.9 Å². The average molecular weight is 336 g/mol. The first kappa shape index (κ1) is 16.9. The van der Waals surface area contributed by atoms with Crippen LogP contribution in [0.2, 0.25) is 10.0 Å². The Morgan fingerprint density at radius 1 is 1.14 bits per heavy atom. The molecule has 1 atom stereocenters. The highest BCUT2D eigenvalue weighted by Crippen LogP contribution is 2.38. The first-order chi connectivity index (χ1) is 10.5. The van der Waals surface area contributed by atoms with Crippen molar-refractivity contribution in [2.24, 2.45) is 5.73 Å². The number of aryl methyl sites for hydroxylation is 1. The molecule has 0 fully saturated rings. The largest absolute Gasteiger partial charge is 0.370 e. The minimum Gasteiger partial charge on any atom is -0.370 e. The Morgan fingerprint density at radius 3 is 2.50 bits per heavy atom. The highest BCUT2D eigenvalue weighted by atomic mass is 35.5. The lowest BCUT2D eigenvalue weighted by molar-refractivity contribution is -0.115. The van der Waals surface area contributed by atoms with E-state index in [1.54, 1.807) is 0 Å². The molecule has 2 aromatic rings. The summed E-state index contributed by atoms with van der Waals surface area (Å²) in [6, 6.07) is 14.7. The summed E-state index contributed by atoms with van der Waals surface area (Å²) in [6.07, 6.45) is 3.62. The first-order valence-corrected chi connectivity index (χ1v) is 8.03. The van der Waals surface area contributed by atoms with Gasteiger partial charge in [0.2, 0.25) is 5.91 Å². The molecular weight excluding hydrogens is 317 g/mol. The molecule has 2 N–H and O–H groups in total. The Balaban J connectivity index is 0.000000396. The Labute approximate surface area is 141 Å². The molecule has 0 unspecified atom stereocenters. The van der Waals surface area contributed by atoms with Gasteiger partial charge in [0, 0.05) is 12.8 Å². The van der Waals surface area contributed by atoms with Crippen molar-refractivity contribution in [2.45, 2.75) is 32.1 Å². The van der Waals surface area contributed by atoms with Crippen molar-refractivity contribution < 1.29 is 4.79 Å². The van der Waals surface area contributed by atoms with E-state index in [1.807, 2.05) is 12.1 Å². The zero-order valence-corrected chi connectivity index (χ0v) is 14.0. The topological polar surface area (TPSA) is 43.1 Å². The smallest absolute Gasteiger partial charge is 0.214 e. The molecule has 0 heterocycles. The van der Waals surface area contributed by atoms with Crippen molar-refractivity contribution in [3.8, 4) is 0 Å². The normalized spacial score (nSPS) is 16.2. The fraction of sp³-hybridized carbons (Fsp3) is 0.278. The maximum Gasteiger partial charge on any atom is 0.214 e. The summed E-state index contributed by atoms with van der Waals surface area (Å²) in [5, 5.41) is 1.28. The summed E-state index contributed by atoms with van der Waals surface area (Å²) in [5.74, 6) is 0.129. The number of rotatable bonds is 1. The fourth-order valence-electron chi connectivity index (χ4n) is 2.83. The summed E-state index contributed by atoms with van der Waals surface area (Å²) in [4.78, 5) is 9.22. The monoisotopic (exact) mass is 335 g/mol. The molecule has 0 saturated heterocycles. The maximum absolute atomic E-state index is 9.22. The van der Waals surface area contributed by atoms with Gasteiger partial charge in [-0.25, -0.2) is 0 Å². The Bertz CT molecular complexity index is 666. The van der Waals surface area contributed by atoms with Crippen LogP contribution in [0.15, 0.2) is 42.5 Å². The van der Waals surface area contributed by atoms with Crippen molar-refractivity contribution >= 4 is 29.1 Å². The molecule has 3 rings (SSSR count). The number of halogens is 2. The zero-order chi connectivity index (χ0) is 16.1. The van der Waals surface area contributed by atoms with Crippen LogP contribution in [0.25, 0.3) is 0 Å². The molecule has 116 valence electrons. The van der Waals surface area contributed by atoms with E-state index in [9.17, 15) is 4.79 Å². The van der Waals surface area contributed by atoms with E-state index in [0.717, 1.165) is 0 Å². The van der Waals surface area contributed by atoms with Crippen molar-refractivity contribution in [1.29, 1.82) is 0 Å². The second kappa shape index (κ2) is 7.66. The van der Waals surface area contributed by atoms with Gasteiger partial charge in [-0.3, -0.25) is 4.79 Å². The second-order valence-electron chi connectivity index (χ2n) is 5.43. The second-order valence-corrected chi connectivity index (χ2v) is 6.24. The van der Waals surface area contributed by atoms with Gasteiger partial charge >= 0.3 is 0 Å². The molecule has 4 heteroatoms. The molecule has 1 aliphatic rings. The average Bonchev–Trinajstić information content (AvgIpc) is 2.49. The third-order valence-corrected chi connectivity index (χ3v) is 4.45. The van der Waals surface area contributed by atoms with Gasteiger partial charge in [-0.1, -0.05) is 53.5 Å². The molecule has 0 radical (unpaired) electrons. The Morgan fingerprint density at radius 2 is 1.82 bits per heavy atom. The summed E-state index contributed by atoms with van der Waals surface area (Å²) in [6.45, 7) is 1.31. The molecule has 1 amide bonds. The Hall–Kier alpha value is -1.51. The maximum atomic E-state index is 9.22. The van der Waals surface area contributed by atoms with Gasteiger partial charge in [0.25, 0.3) is 0 Å². The van der Waals surface area contributed by atoms with Crippen LogP contribution in [0.5, 0.6) is 0 Å². The number of fused-ring (bicyclic) bond motifs is 1. The molecule has 2 nitrogen and oxygen atoms in total. The number of hydrogen-bond donors (Lipinski definition) is 1. The Kier molecular flexibility index (Phi) is 5.87. The zero-order valence-electron chi connectivity index (χ0n) is 12.5. The lowest BCUT2D eigenvalue weighted by Gasteiger charge is -2.26. The van der Waals surface area contributed by atoms with E-state index in [2.05, 4.69) is 36.1 Å². The SMILES string of the molecule is CC(N)=O.Clc1ccc([C@@H]2CCCc3ccccc32)cc1Cl. The van der Waals surface area contributed by atoms with Crippen LogP contribution in [-0.2, 0) is 11.2 Å². The van der Waals surface area contributed by atoms with Crippen LogP contribution < -0.4 is 5.73 Å². The van der Waals surface area contributed by atoms with Crippen molar-refractivity contribution in [1.82, 2.24) is 0 Å². The highest BCUT2D eigenvalue weighted by Gasteiger charge is 2.21. The molecular formula is C18H19Cl2NO. The van der Waals surface area contributed by atoms with Gasteiger partial charge in [0.05, 0.1) is 10.0 Å². The fourth-order valence-corrected chi connectivity index (χ4v) is 3.14. The van der Waals surface area contributed by atoms with Crippen LogP contribution >= 0.6 is 23.2 Å². The lowest BCUT2D eigenvalue weighted by atomic mass is 9.79. The number of hydrogen-bond acceptors (Lipinski definition) is 1. The van der Waals surface area contributed by atoms with Gasteiger partial charge in [0.1, 0.15) is 0 Å². The molecule has 0 bridgehead atoms. The number of amides is 1. The van der Waals surface area contributed by atoms with Gasteiger partial charge in [-0.15, -0.1) is 0 Å². The predicted octanol–water partition coefficient (Wildman–Crippen LogP) is 4.95. The lowest BCUT2D eigenvalue weighted by Crippen LogP contribution is -2.10. The number of carbonyl (C=O) groups excluding carboxylic acids is 1. The van der Waals surface area contributed by atoms with Gasteiger partial charge in [0.15, 0.2) is 0 Å². The molecule has 0 aliphatic heterocycles. The third kappa shape index (κ3) is 4.25. The minimum absolute atomic E-state index is 0.333. The van der Waals surface area contributed by atoms with E-state index in [0.29, 0.717) is 16.0 Å². The quantitative estimate of drug-likeness (QED) is 0.786. The van der Waals surface area contributed by atoms with Gasteiger partial charge in [-0.2, -0.15) is 0 Å². The van der Waals surface area contributed by atoms with Gasteiger partial charge in [-0.05, 0) is 48.1 Å².